The summed E-state index contributed by atoms with van der Waals surface area (Å²) in [5, 5.41) is 0. The molecule has 6 nitrogen and oxygen atoms in total. The van der Waals surface area contributed by atoms with E-state index < -0.39 is 0 Å². The van der Waals surface area contributed by atoms with Gasteiger partial charge in [0.2, 0.25) is 0 Å². The van der Waals surface area contributed by atoms with Gasteiger partial charge in [0, 0.05) is 23.4 Å². The molecule has 0 saturated heterocycles. The first-order valence-electron chi connectivity index (χ1n) is 11.8. The van der Waals surface area contributed by atoms with E-state index in [1.807, 2.05) is 24.3 Å². The number of rotatable bonds is 7. The van der Waals surface area contributed by atoms with E-state index in [1.165, 1.54) is 4.90 Å². The van der Waals surface area contributed by atoms with Gasteiger partial charge in [-0.2, -0.15) is 0 Å². The van der Waals surface area contributed by atoms with Crippen LogP contribution in [0.25, 0.3) is 11.3 Å². The lowest BCUT2D eigenvalue weighted by Gasteiger charge is -2.29. The highest BCUT2D eigenvalue weighted by atomic mass is 16.5. The normalized spacial score (nSPS) is 17.2. The van der Waals surface area contributed by atoms with E-state index in [4.69, 9.17) is 9.47 Å². The number of fused-ring (bicyclic) bond motifs is 4. The Hall–Kier alpha value is -3.67. The summed E-state index contributed by atoms with van der Waals surface area (Å²) in [6.07, 6.45) is 3.23. The van der Waals surface area contributed by atoms with Crippen LogP contribution in [0.15, 0.2) is 60.8 Å². The molecule has 6 heteroatoms. The van der Waals surface area contributed by atoms with Crippen molar-refractivity contribution in [2.75, 3.05) is 6.61 Å². The molecule has 0 N–H and O–H groups in total. The van der Waals surface area contributed by atoms with Gasteiger partial charge in [-0.3, -0.25) is 19.5 Å². The molecule has 2 aliphatic heterocycles. The van der Waals surface area contributed by atoms with E-state index >= 15 is 0 Å². The zero-order valence-electron chi connectivity index (χ0n) is 19.7. The highest BCUT2D eigenvalue weighted by Gasteiger charge is 2.40. The molecule has 3 heterocycles. The number of hydrogen-bond donors (Lipinski definition) is 0. The summed E-state index contributed by atoms with van der Waals surface area (Å²) in [6.45, 7) is 6.46. The Morgan fingerprint density at radius 3 is 2.41 bits per heavy atom. The number of benzene rings is 2. The fourth-order valence-electron chi connectivity index (χ4n) is 4.83. The van der Waals surface area contributed by atoms with Crippen molar-refractivity contribution in [3.63, 3.8) is 0 Å². The first-order chi connectivity index (χ1) is 16.5. The van der Waals surface area contributed by atoms with Crippen LogP contribution in [0, 0.1) is 5.92 Å². The van der Waals surface area contributed by atoms with Gasteiger partial charge in [0.25, 0.3) is 11.8 Å². The molecule has 2 aliphatic rings. The number of ether oxygens (including phenoxy) is 2. The zero-order chi connectivity index (χ0) is 23.8. The van der Waals surface area contributed by atoms with Crippen LogP contribution in [0.3, 0.4) is 0 Å². The van der Waals surface area contributed by atoms with Crippen molar-refractivity contribution in [2.45, 2.75) is 45.8 Å². The largest absolute Gasteiger partial charge is 0.491 e. The summed E-state index contributed by atoms with van der Waals surface area (Å²) >= 11 is 0. The van der Waals surface area contributed by atoms with E-state index in [0.29, 0.717) is 23.3 Å². The van der Waals surface area contributed by atoms with Crippen molar-refractivity contribution >= 4 is 11.8 Å². The lowest BCUT2D eigenvalue weighted by atomic mass is 9.96. The second-order valence-corrected chi connectivity index (χ2v) is 9.23. The smallest absolute Gasteiger partial charge is 0.261 e. The third-order valence-electron chi connectivity index (χ3n) is 6.41. The van der Waals surface area contributed by atoms with E-state index in [2.05, 4.69) is 31.8 Å². The number of hydrogen-bond acceptors (Lipinski definition) is 5. The lowest BCUT2D eigenvalue weighted by Crippen LogP contribution is -2.44. The molecule has 0 spiro atoms. The van der Waals surface area contributed by atoms with Gasteiger partial charge in [-0.05, 0) is 49.1 Å². The Morgan fingerprint density at radius 1 is 1.00 bits per heavy atom. The van der Waals surface area contributed by atoms with Gasteiger partial charge in [0.05, 0.1) is 22.9 Å². The van der Waals surface area contributed by atoms with Gasteiger partial charge in [0.1, 0.15) is 24.2 Å². The van der Waals surface area contributed by atoms with Crippen molar-refractivity contribution in [3.05, 3.63) is 77.5 Å². The van der Waals surface area contributed by atoms with Crippen LogP contribution in [0.5, 0.6) is 11.5 Å². The predicted molar refractivity (Wildman–Crippen MR) is 129 cm³/mol. The number of carbonyl (C=O) groups excluding carboxylic acids is 2. The maximum atomic E-state index is 13.0. The molecule has 0 saturated carbocycles. The van der Waals surface area contributed by atoms with Gasteiger partial charge in [-0.15, -0.1) is 0 Å². The fourth-order valence-corrected chi connectivity index (χ4v) is 4.83. The minimum atomic E-state index is -0.366. The van der Waals surface area contributed by atoms with Crippen molar-refractivity contribution in [1.29, 1.82) is 0 Å². The minimum absolute atomic E-state index is 0.0570. The summed E-state index contributed by atoms with van der Waals surface area (Å²) < 4.78 is 12.4. The zero-order valence-corrected chi connectivity index (χ0v) is 19.7. The first kappa shape index (κ1) is 22.1. The van der Waals surface area contributed by atoms with Gasteiger partial charge in [-0.25, -0.2) is 0 Å². The topological polar surface area (TPSA) is 68.7 Å². The molecule has 0 aliphatic carbocycles. The maximum Gasteiger partial charge on any atom is 0.261 e. The Bertz CT molecular complexity index is 1220. The fraction of sp³-hybridized carbons (Fsp3) is 0.321. The third kappa shape index (κ3) is 3.83. The summed E-state index contributed by atoms with van der Waals surface area (Å²) in [5.74, 6) is 1.15. The average molecular weight is 457 g/mol. The Morgan fingerprint density at radius 2 is 1.74 bits per heavy atom. The Balaban J connectivity index is 1.38. The monoisotopic (exact) mass is 456 g/mol. The molecule has 5 rings (SSSR count). The van der Waals surface area contributed by atoms with E-state index in [1.54, 1.807) is 30.5 Å². The van der Waals surface area contributed by atoms with Crippen LogP contribution < -0.4 is 9.47 Å². The van der Waals surface area contributed by atoms with Gasteiger partial charge in [-0.1, -0.05) is 39.0 Å². The highest BCUT2D eigenvalue weighted by Crippen LogP contribution is 2.43. The average Bonchev–Trinajstić information content (AvgIpc) is 3.10. The van der Waals surface area contributed by atoms with E-state index in [-0.39, 0.29) is 36.5 Å². The second kappa shape index (κ2) is 8.93. The van der Waals surface area contributed by atoms with Crippen molar-refractivity contribution in [3.8, 4) is 22.8 Å². The predicted octanol–water partition coefficient (Wildman–Crippen LogP) is 5.68. The van der Waals surface area contributed by atoms with Crippen molar-refractivity contribution in [1.82, 2.24) is 9.88 Å². The molecular formula is C28H28N2O4. The Labute approximate surface area is 199 Å². The minimum Gasteiger partial charge on any atom is -0.491 e. The molecular weight excluding hydrogens is 428 g/mol. The highest BCUT2D eigenvalue weighted by molar-refractivity contribution is 6.21. The van der Waals surface area contributed by atoms with Crippen LogP contribution in [-0.2, 0) is 0 Å². The molecule has 2 amide bonds. The van der Waals surface area contributed by atoms with Gasteiger partial charge >= 0.3 is 0 Å². The molecule has 2 atom stereocenters. The van der Waals surface area contributed by atoms with Crippen LogP contribution in [0.2, 0.25) is 0 Å². The summed E-state index contributed by atoms with van der Waals surface area (Å²) in [7, 11) is 0. The number of aromatic nitrogens is 1. The quantitative estimate of drug-likeness (QED) is 0.428. The van der Waals surface area contributed by atoms with E-state index in [9.17, 15) is 9.59 Å². The third-order valence-corrected chi connectivity index (χ3v) is 6.41. The van der Waals surface area contributed by atoms with Crippen molar-refractivity contribution in [2.24, 2.45) is 5.92 Å². The van der Waals surface area contributed by atoms with Crippen LogP contribution in [0.1, 0.15) is 66.0 Å². The summed E-state index contributed by atoms with van der Waals surface area (Å²) in [5.41, 5.74) is 3.88. The number of nitrogens with zero attached hydrogens (tertiary/aromatic N) is 2. The molecule has 0 fully saturated rings. The summed E-state index contributed by atoms with van der Waals surface area (Å²) in [6, 6.07) is 16.3. The molecule has 3 aromatic rings. The molecule has 0 bridgehead atoms. The molecule has 1 unspecified atom stereocenters. The number of carbonyl (C=O) groups is 2. The summed E-state index contributed by atoms with van der Waals surface area (Å²) in [4.78, 5) is 32.0. The first-order valence-corrected chi connectivity index (χ1v) is 11.8. The number of pyridine rings is 1. The number of imide groups is 1. The van der Waals surface area contributed by atoms with E-state index in [0.717, 1.165) is 29.0 Å². The molecule has 1 aromatic heterocycles. The second-order valence-electron chi connectivity index (χ2n) is 9.23. The molecule has 2 aromatic carbocycles. The van der Waals surface area contributed by atoms with Gasteiger partial charge < -0.3 is 9.47 Å². The Kier molecular flexibility index (Phi) is 5.82. The maximum absolute atomic E-state index is 13.0. The SMILES string of the molecule is CCC1Oc2cc(OC[C@H](CC(C)C)N3C(=O)c4ccccc4C3=O)ccc2-c2ncccc21. The standard InChI is InChI=1S/C28H28N2O4/c1-4-24-22-10-7-13-29-26(22)23-12-11-19(15-25(23)34-24)33-16-18(14-17(2)3)30-27(31)20-8-5-6-9-21(20)28(30)32/h5-13,15,17-18,24H,4,14,16H2,1-3H3/t18-,24?/m0/s1. The van der Waals surface area contributed by atoms with Crippen LogP contribution >= 0.6 is 0 Å². The molecule has 174 valence electrons. The number of amides is 2. The lowest BCUT2D eigenvalue weighted by molar-refractivity contribution is 0.0507. The molecule has 34 heavy (non-hydrogen) atoms. The van der Waals surface area contributed by atoms with Gasteiger partial charge in [0.15, 0.2) is 0 Å². The molecule has 0 radical (unpaired) electrons. The van der Waals surface area contributed by atoms with Crippen molar-refractivity contribution < 1.29 is 19.1 Å². The van der Waals surface area contributed by atoms with Crippen LogP contribution in [0.4, 0.5) is 0 Å². The van der Waals surface area contributed by atoms with Crippen LogP contribution in [-0.4, -0.2) is 34.3 Å².